The molecule has 0 atom stereocenters. The number of fused-ring (bicyclic) bond motifs is 9. The second-order valence-electron chi connectivity index (χ2n) is 14.4. The van der Waals surface area contributed by atoms with Crippen molar-refractivity contribution in [2.75, 3.05) is 0 Å². The summed E-state index contributed by atoms with van der Waals surface area (Å²) >= 11 is 0. The van der Waals surface area contributed by atoms with Gasteiger partial charge in [-0.2, -0.15) is 9.97 Å². The van der Waals surface area contributed by atoms with Crippen LogP contribution in [0.3, 0.4) is 0 Å². The molecule has 0 spiro atoms. The predicted octanol–water partition coefficient (Wildman–Crippen LogP) is 13.4. The van der Waals surface area contributed by atoms with Crippen molar-refractivity contribution in [3.63, 3.8) is 0 Å². The molecule has 0 radical (unpaired) electrons. The Hall–Kier alpha value is -7.83. The third-order valence-electron chi connectivity index (χ3n) is 11.1. The van der Waals surface area contributed by atoms with E-state index in [1.54, 1.807) is 0 Å². The largest absolute Gasteiger partial charge is 0.456 e. The number of hydrogen-bond acceptors (Lipinski definition) is 5. The van der Waals surface area contributed by atoms with E-state index in [1.165, 1.54) is 0 Å². The van der Waals surface area contributed by atoms with E-state index in [-0.39, 0.29) is 0 Å². The Kier molecular flexibility index (Phi) is 6.83. The first-order valence-corrected chi connectivity index (χ1v) is 19.0. The van der Waals surface area contributed by atoms with Gasteiger partial charge < -0.3 is 8.83 Å². The summed E-state index contributed by atoms with van der Waals surface area (Å²) in [6.07, 6.45) is 0. The summed E-state index contributed by atoms with van der Waals surface area (Å²) in [7, 11) is 0. The quantitative estimate of drug-likeness (QED) is 0.176. The number of hydrogen-bond donors (Lipinski definition) is 0. The lowest BCUT2D eigenvalue weighted by Gasteiger charge is -2.11. The van der Waals surface area contributed by atoms with Crippen molar-refractivity contribution >= 4 is 65.7 Å². The third kappa shape index (κ3) is 5.01. The number of furan rings is 2. The highest BCUT2D eigenvalue weighted by Crippen LogP contribution is 2.40. The first-order valence-electron chi connectivity index (χ1n) is 19.0. The van der Waals surface area contributed by atoms with Crippen LogP contribution in [-0.2, 0) is 0 Å². The molecule has 8 aromatic carbocycles. The van der Waals surface area contributed by atoms with E-state index in [2.05, 4.69) is 114 Å². The van der Waals surface area contributed by atoms with Crippen LogP contribution < -0.4 is 0 Å². The highest BCUT2D eigenvalue weighted by Gasteiger charge is 2.20. The van der Waals surface area contributed by atoms with Crippen LogP contribution in [0.5, 0.6) is 0 Å². The summed E-state index contributed by atoms with van der Waals surface area (Å²) in [6.45, 7) is 0. The van der Waals surface area contributed by atoms with E-state index in [4.69, 9.17) is 23.8 Å². The van der Waals surface area contributed by atoms with Crippen LogP contribution in [0.4, 0.5) is 0 Å². The maximum atomic E-state index is 6.40. The molecule has 0 fully saturated rings. The van der Waals surface area contributed by atoms with Crippen LogP contribution in [0.25, 0.3) is 117 Å². The van der Waals surface area contributed by atoms with Gasteiger partial charge in [-0.25, -0.2) is 4.98 Å². The van der Waals surface area contributed by atoms with Crippen LogP contribution in [0.15, 0.2) is 191 Å². The Morgan fingerprint density at radius 3 is 1.75 bits per heavy atom. The van der Waals surface area contributed by atoms with Gasteiger partial charge in [-0.05, 0) is 76.9 Å². The fourth-order valence-electron chi connectivity index (χ4n) is 8.41. The molecule has 6 heteroatoms. The molecule has 4 aromatic heterocycles. The zero-order chi connectivity index (χ0) is 37.5. The zero-order valence-electron chi connectivity index (χ0n) is 30.4. The Bertz CT molecular complexity index is 3530. The third-order valence-corrected chi connectivity index (χ3v) is 11.1. The summed E-state index contributed by atoms with van der Waals surface area (Å²) in [6, 6.07) is 62.8. The fourth-order valence-corrected chi connectivity index (χ4v) is 8.41. The molecular formula is C51H30N4O2. The van der Waals surface area contributed by atoms with Gasteiger partial charge in [-0.1, -0.05) is 127 Å². The lowest BCUT2D eigenvalue weighted by atomic mass is 9.97. The van der Waals surface area contributed by atoms with E-state index >= 15 is 0 Å². The van der Waals surface area contributed by atoms with E-state index in [0.717, 1.165) is 99.1 Å². The molecule has 0 aliphatic rings. The average Bonchev–Trinajstić information content (AvgIpc) is 3.95. The van der Waals surface area contributed by atoms with Gasteiger partial charge in [-0.15, -0.1) is 0 Å². The molecule has 0 saturated carbocycles. The van der Waals surface area contributed by atoms with Crippen molar-refractivity contribution in [1.82, 2.24) is 19.5 Å². The van der Waals surface area contributed by atoms with Crippen molar-refractivity contribution in [3.8, 4) is 51.0 Å². The normalized spacial score (nSPS) is 11.9. The van der Waals surface area contributed by atoms with Gasteiger partial charge in [0.2, 0.25) is 5.95 Å². The molecule has 12 aromatic rings. The van der Waals surface area contributed by atoms with Gasteiger partial charge in [0.25, 0.3) is 0 Å². The summed E-state index contributed by atoms with van der Waals surface area (Å²) < 4.78 is 14.7. The smallest absolute Gasteiger partial charge is 0.238 e. The Balaban J connectivity index is 1.08. The Labute approximate surface area is 325 Å². The van der Waals surface area contributed by atoms with E-state index in [9.17, 15) is 0 Å². The van der Waals surface area contributed by atoms with Crippen LogP contribution >= 0.6 is 0 Å². The molecular weight excluding hydrogens is 701 g/mol. The van der Waals surface area contributed by atoms with Crippen molar-refractivity contribution in [2.24, 2.45) is 0 Å². The molecule has 0 aliphatic carbocycles. The van der Waals surface area contributed by atoms with Gasteiger partial charge in [-0.3, -0.25) is 4.57 Å². The minimum absolute atomic E-state index is 0.545. The highest BCUT2D eigenvalue weighted by atomic mass is 16.3. The van der Waals surface area contributed by atoms with Crippen molar-refractivity contribution < 1.29 is 8.83 Å². The lowest BCUT2D eigenvalue weighted by molar-refractivity contribution is 0.668. The molecule has 0 aliphatic heterocycles. The molecule has 0 N–H and O–H groups in total. The Morgan fingerprint density at radius 2 is 0.912 bits per heavy atom. The number of para-hydroxylation sites is 2. The minimum atomic E-state index is 0.545. The van der Waals surface area contributed by atoms with E-state index in [0.29, 0.717) is 17.6 Å². The molecule has 4 heterocycles. The van der Waals surface area contributed by atoms with Crippen LogP contribution in [0.2, 0.25) is 0 Å². The zero-order valence-corrected chi connectivity index (χ0v) is 30.4. The lowest BCUT2D eigenvalue weighted by Crippen LogP contribution is -2.06. The van der Waals surface area contributed by atoms with Gasteiger partial charge >= 0.3 is 0 Å². The second-order valence-corrected chi connectivity index (χ2v) is 14.4. The summed E-state index contributed by atoms with van der Waals surface area (Å²) in [5, 5.41) is 6.51. The predicted molar refractivity (Wildman–Crippen MR) is 230 cm³/mol. The van der Waals surface area contributed by atoms with Gasteiger partial charge in [0.05, 0.1) is 11.0 Å². The van der Waals surface area contributed by atoms with Crippen molar-refractivity contribution in [1.29, 1.82) is 0 Å². The average molecular weight is 731 g/mol. The monoisotopic (exact) mass is 730 g/mol. The molecule has 57 heavy (non-hydrogen) atoms. The molecule has 12 rings (SSSR count). The molecule has 0 amide bonds. The number of aromatic nitrogens is 4. The van der Waals surface area contributed by atoms with E-state index in [1.807, 2.05) is 72.8 Å². The van der Waals surface area contributed by atoms with Gasteiger partial charge in [0, 0.05) is 43.4 Å². The number of benzene rings is 8. The number of nitrogens with zero attached hydrogens (tertiary/aromatic N) is 4. The topological polar surface area (TPSA) is 69.9 Å². The molecule has 0 saturated heterocycles. The summed E-state index contributed by atoms with van der Waals surface area (Å²) in [5.74, 6) is 1.73. The molecule has 0 unspecified atom stereocenters. The minimum Gasteiger partial charge on any atom is -0.456 e. The van der Waals surface area contributed by atoms with Crippen LogP contribution in [0.1, 0.15) is 0 Å². The second kappa shape index (κ2) is 12.3. The molecule has 6 nitrogen and oxygen atoms in total. The SMILES string of the molecule is c1ccc(-c2nc(-c3ccc4oc5ccccc5c4c3)nc(-n3c4ccccc4c4ccc(-c5ccc6oc7cccc(-c8ccccc8)c7c6c5)cc43)n2)cc1. The maximum absolute atomic E-state index is 6.40. The first kappa shape index (κ1) is 31.5. The van der Waals surface area contributed by atoms with Crippen molar-refractivity contribution in [3.05, 3.63) is 182 Å². The van der Waals surface area contributed by atoms with Crippen LogP contribution in [0, 0.1) is 0 Å². The van der Waals surface area contributed by atoms with Crippen molar-refractivity contribution in [2.45, 2.75) is 0 Å². The summed E-state index contributed by atoms with van der Waals surface area (Å²) in [5.41, 5.74) is 11.7. The molecule has 266 valence electrons. The first-order chi connectivity index (χ1) is 28.2. The maximum Gasteiger partial charge on any atom is 0.238 e. The Morgan fingerprint density at radius 1 is 0.333 bits per heavy atom. The van der Waals surface area contributed by atoms with Gasteiger partial charge in [0.1, 0.15) is 22.3 Å². The fraction of sp³-hybridized carbons (Fsp3) is 0. The van der Waals surface area contributed by atoms with Gasteiger partial charge in [0.15, 0.2) is 11.6 Å². The number of rotatable bonds is 5. The van der Waals surface area contributed by atoms with E-state index < -0.39 is 0 Å². The summed E-state index contributed by atoms with van der Waals surface area (Å²) in [4.78, 5) is 15.5. The molecule has 0 bridgehead atoms. The highest BCUT2D eigenvalue weighted by molar-refractivity contribution is 6.14. The van der Waals surface area contributed by atoms with Crippen LogP contribution in [-0.4, -0.2) is 19.5 Å². The standard InChI is InChI=1S/C51H30N4O2/c1-3-12-31(13-4-1)36-18-11-21-47-48(36)41-28-33(23-26-46(41)57-47)34-22-25-38-37-16-7-9-19-42(37)55(43(38)30-34)51-53-49(32-14-5-2-6-15-32)52-50(54-51)35-24-27-45-40(29-35)39-17-8-10-20-44(39)56-45/h1-30H.